The SMILES string of the molecule is CCNC(COC(C)(C)C)c1cc(F)cc(F)c1. The molecule has 1 aromatic rings. The van der Waals surface area contributed by atoms with E-state index in [1.165, 1.54) is 12.1 Å². The van der Waals surface area contributed by atoms with Gasteiger partial charge in [0.1, 0.15) is 11.6 Å². The van der Waals surface area contributed by atoms with E-state index >= 15 is 0 Å². The van der Waals surface area contributed by atoms with Gasteiger partial charge in [0.15, 0.2) is 0 Å². The van der Waals surface area contributed by atoms with Crippen LogP contribution in [0.4, 0.5) is 8.78 Å². The van der Waals surface area contributed by atoms with Gasteiger partial charge in [0, 0.05) is 6.07 Å². The van der Waals surface area contributed by atoms with Gasteiger partial charge in [-0.1, -0.05) is 6.92 Å². The molecule has 0 aliphatic rings. The highest BCUT2D eigenvalue weighted by molar-refractivity contribution is 5.21. The Bertz CT molecular complexity index is 368. The molecule has 4 heteroatoms. The van der Waals surface area contributed by atoms with E-state index in [1.54, 1.807) is 0 Å². The van der Waals surface area contributed by atoms with Crippen molar-refractivity contribution in [3.8, 4) is 0 Å². The van der Waals surface area contributed by atoms with Crippen LogP contribution in [0.15, 0.2) is 18.2 Å². The maximum Gasteiger partial charge on any atom is 0.126 e. The molecule has 0 radical (unpaired) electrons. The van der Waals surface area contributed by atoms with Crippen molar-refractivity contribution in [2.45, 2.75) is 39.3 Å². The van der Waals surface area contributed by atoms with Crippen molar-refractivity contribution in [1.82, 2.24) is 5.32 Å². The van der Waals surface area contributed by atoms with E-state index in [-0.39, 0.29) is 11.6 Å². The third-order valence-electron chi connectivity index (χ3n) is 2.42. The van der Waals surface area contributed by atoms with Gasteiger partial charge < -0.3 is 10.1 Å². The van der Waals surface area contributed by atoms with Crippen LogP contribution in [0.25, 0.3) is 0 Å². The van der Waals surface area contributed by atoms with Gasteiger partial charge in [0.25, 0.3) is 0 Å². The minimum Gasteiger partial charge on any atom is -0.374 e. The number of ether oxygens (including phenoxy) is 1. The molecule has 0 aliphatic heterocycles. The maximum atomic E-state index is 13.2. The first-order chi connectivity index (χ1) is 8.31. The zero-order valence-electron chi connectivity index (χ0n) is 11.4. The van der Waals surface area contributed by atoms with Crippen molar-refractivity contribution in [3.63, 3.8) is 0 Å². The summed E-state index contributed by atoms with van der Waals surface area (Å²) in [6, 6.07) is 3.33. The molecule has 0 amide bonds. The van der Waals surface area contributed by atoms with E-state index in [0.29, 0.717) is 18.7 Å². The van der Waals surface area contributed by atoms with Crippen molar-refractivity contribution < 1.29 is 13.5 Å². The first kappa shape index (κ1) is 15.1. The van der Waals surface area contributed by atoms with Gasteiger partial charge >= 0.3 is 0 Å². The van der Waals surface area contributed by atoms with Crippen LogP contribution in [0.2, 0.25) is 0 Å². The Hall–Kier alpha value is -1.00. The third kappa shape index (κ3) is 5.10. The lowest BCUT2D eigenvalue weighted by atomic mass is 10.1. The van der Waals surface area contributed by atoms with Gasteiger partial charge in [0.2, 0.25) is 0 Å². The number of hydrogen-bond acceptors (Lipinski definition) is 2. The first-order valence-corrected chi connectivity index (χ1v) is 6.15. The molecule has 0 heterocycles. The Morgan fingerprint density at radius 3 is 2.17 bits per heavy atom. The van der Waals surface area contributed by atoms with Gasteiger partial charge in [-0.2, -0.15) is 0 Å². The zero-order valence-corrected chi connectivity index (χ0v) is 11.4. The van der Waals surface area contributed by atoms with Crippen LogP contribution in [0.1, 0.15) is 39.3 Å². The van der Waals surface area contributed by atoms with Gasteiger partial charge in [-0.25, -0.2) is 8.78 Å². The molecule has 102 valence electrons. The second-order valence-corrected chi connectivity index (χ2v) is 5.24. The lowest BCUT2D eigenvalue weighted by Gasteiger charge is -2.25. The molecule has 1 rings (SSSR count). The van der Waals surface area contributed by atoms with Crippen LogP contribution in [-0.2, 0) is 4.74 Å². The number of benzene rings is 1. The fourth-order valence-corrected chi connectivity index (χ4v) is 1.63. The summed E-state index contributed by atoms with van der Waals surface area (Å²) in [6.45, 7) is 8.86. The van der Waals surface area contributed by atoms with E-state index < -0.39 is 11.6 Å². The molecule has 0 spiro atoms. The fraction of sp³-hybridized carbons (Fsp3) is 0.571. The highest BCUT2D eigenvalue weighted by Crippen LogP contribution is 2.19. The molecule has 0 saturated carbocycles. The number of halogens is 2. The van der Waals surface area contributed by atoms with Crippen LogP contribution < -0.4 is 5.32 Å². The molecular formula is C14H21F2NO. The summed E-state index contributed by atoms with van der Waals surface area (Å²) < 4.78 is 32.1. The van der Waals surface area contributed by atoms with Crippen molar-refractivity contribution in [3.05, 3.63) is 35.4 Å². The van der Waals surface area contributed by atoms with Gasteiger partial charge in [-0.3, -0.25) is 0 Å². The normalized spacial score (nSPS) is 13.7. The molecule has 1 N–H and O–H groups in total. The Morgan fingerprint density at radius 1 is 1.17 bits per heavy atom. The van der Waals surface area contributed by atoms with Crippen LogP contribution in [-0.4, -0.2) is 18.8 Å². The molecule has 0 aromatic heterocycles. The molecule has 1 aromatic carbocycles. The van der Waals surface area contributed by atoms with Gasteiger partial charge in [-0.15, -0.1) is 0 Å². The first-order valence-electron chi connectivity index (χ1n) is 6.15. The summed E-state index contributed by atoms with van der Waals surface area (Å²) in [5, 5.41) is 3.17. The number of likely N-dealkylation sites (N-methyl/N-ethyl adjacent to an activating group) is 1. The summed E-state index contributed by atoms with van der Waals surface area (Å²) >= 11 is 0. The van der Waals surface area contributed by atoms with Crippen molar-refractivity contribution >= 4 is 0 Å². The highest BCUT2D eigenvalue weighted by Gasteiger charge is 2.17. The second kappa shape index (κ2) is 6.25. The topological polar surface area (TPSA) is 21.3 Å². The second-order valence-electron chi connectivity index (χ2n) is 5.24. The lowest BCUT2D eigenvalue weighted by Crippen LogP contribution is -2.30. The molecule has 0 fully saturated rings. The summed E-state index contributed by atoms with van der Waals surface area (Å²) in [5.74, 6) is -1.13. The van der Waals surface area contributed by atoms with Crippen LogP contribution in [0, 0.1) is 11.6 Å². The van der Waals surface area contributed by atoms with E-state index in [9.17, 15) is 8.78 Å². The van der Waals surface area contributed by atoms with Crippen molar-refractivity contribution in [2.75, 3.05) is 13.2 Å². The largest absolute Gasteiger partial charge is 0.374 e. The number of nitrogens with one attached hydrogen (secondary N) is 1. The lowest BCUT2D eigenvalue weighted by molar-refractivity contribution is -0.0146. The van der Waals surface area contributed by atoms with Crippen LogP contribution in [0.5, 0.6) is 0 Å². The Balaban J connectivity index is 2.83. The molecule has 2 nitrogen and oxygen atoms in total. The quantitative estimate of drug-likeness (QED) is 0.872. The molecule has 0 aliphatic carbocycles. The monoisotopic (exact) mass is 257 g/mol. The smallest absolute Gasteiger partial charge is 0.126 e. The fourth-order valence-electron chi connectivity index (χ4n) is 1.63. The summed E-state index contributed by atoms with van der Waals surface area (Å²) in [4.78, 5) is 0. The average molecular weight is 257 g/mol. The average Bonchev–Trinajstić information content (AvgIpc) is 2.21. The minimum atomic E-state index is -0.566. The molecule has 1 atom stereocenters. The van der Waals surface area contributed by atoms with Gasteiger partial charge in [0.05, 0.1) is 18.2 Å². The standard InChI is InChI=1S/C14H21F2NO/c1-5-17-13(9-18-14(2,3)4)10-6-11(15)8-12(16)7-10/h6-8,13,17H,5,9H2,1-4H3. The number of rotatable bonds is 5. The Labute approximate surface area is 107 Å². The van der Waals surface area contributed by atoms with E-state index in [2.05, 4.69) is 5.32 Å². The predicted molar refractivity (Wildman–Crippen MR) is 68.5 cm³/mol. The van der Waals surface area contributed by atoms with Gasteiger partial charge in [-0.05, 0) is 45.0 Å². The van der Waals surface area contributed by atoms with Crippen LogP contribution >= 0.6 is 0 Å². The van der Waals surface area contributed by atoms with Crippen LogP contribution in [0.3, 0.4) is 0 Å². The molecule has 1 unspecified atom stereocenters. The molecule has 0 saturated heterocycles. The molecule has 0 bridgehead atoms. The van der Waals surface area contributed by atoms with E-state index in [4.69, 9.17) is 4.74 Å². The third-order valence-corrected chi connectivity index (χ3v) is 2.42. The predicted octanol–water partition coefficient (Wildman–Crippen LogP) is 3.43. The highest BCUT2D eigenvalue weighted by atomic mass is 19.1. The molecular weight excluding hydrogens is 236 g/mol. The zero-order chi connectivity index (χ0) is 13.8. The number of hydrogen-bond donors (Lipinski definition) is 1. The summed E-state index contributed by atoms with van der Waals surface area (Å²) in [5.41, 5.74) is 0.290. The van der Waals surface area contributed by atoms with Crippen molar-refractivity contribution in [2.24, 2.45) is 0 Å². The molecule has 18 heavy (non-hydrogen) atoms. The Morgan fingerprint density at radius 2 is 1.72 bits per heavy atom. The van der Waals surface area contributed by atoms with E-state index in [1.807, 2.05) is 27.7 Å². The Kier molecular flexibility index (Phi) is 5.23. The minimum absolute atomic E-state index is 0.209. The van der Waals surface area contributed by atoms with E-state index in [0.717, 1.165) is 6.07 Å². The maximum absolute atomic E-state index is 13.2. The summed E-state index contributed by atoms with van der Waals surface area (Å²) in [6.07, 6.45) is 0. The summed E-state index contributed by atoms with van der Waals surface area (Å²) in [7, 11) is 0. The van der Waals surface area contributed by atoms with Crippen molar-refractivity contribution in [1.29, 1.82) is 0 Å².